The Morgan fingerprint density at radius 3 is 1.26 bits per heavy atom. The fourth-order valence-electron chi connectivity index (χ4n) is 10.3. The molecular formula is C76H129NO10. The second kappa shape index (κ2) is 62.3. The molecule has 8 unspecified atom stereocenters. The van der Waals surface area contributed by atoms with Crippen LogP contribution in [0.3, 0.4) is 0 Å². The minimum Gasteiger partial charge on any atom is -0.454 e. The number of esters is 1. The van der Waals surface area contributed by atoms with Crippen LogP contribution < -0.4 is 5.32 Å². The maximum absolute atomic E-state index is 13.5. The van der Waals surface area contributed by atoms with Crippen LogP contribution in [0.25, 0.3) is 0 Å². The summed E-state index contributed by atoms with van der Waals surface area (Å²) in [6.07, 6.45) is 76.6. The van der Waals surface area contributed by atoms with E-state index in [2.05, 4.69) is 135 Å². The van der Waals surface area contributed by atoms with Crippen molar-refractivity contribution < 1.29 is 49.3 Å². The monoisotopic (exact) mass is 1220 g/mol. The van der Waals surface area contributed by atoms with Gasteiger partial charge < -0.3 is 45.1 Å². The number of aliphatic hydroxyl groups excluding tert-OH is 5. The van der Waals surface area contributed by atoms with Gasteiger partial charge in [0.15, 0.2) is 12.4 Å². The molecule has 8 atom stereocenters. The number of hydrogen-bond acceptors (Lipinski definition) is 10. The topological polar surface area (TPSA) is 175 Å². The van der Waals surface area contributed by atoms with Gasteiger partial charge in [-0.2, -0.15) is 0 Å². The quantitative estimate of drug-likeness (QED) is 0.0195. The van der Waals surface area contributed by atoms with Gasteiger partial charge in [-0.25, -0.2) is 0 Å². The fraction of sp³-hybridized carbons (Fsp3) is 0.711. The van der Waals surface area contributed by atoms with Crippen LogP contribution >= 0.6 is 0 Å². The SMILES string of the molecule is CC/C=C\C/C=C\C/C=C\C/C=C\C/C=C\CCCCCCC(O)C(=O)NC(COC1OC(CO)C(O)C(O)C1OC(=O)CCCCCCCCCCCCC/C=C\C/C=C\C/C=C\C/C=C\CCCCC)C(O)/C=C/CCCCCCCCCCC. The number of ether oxygens (including phenoxy) is 3. The molecule has 0 radical (unpaired) electrons. The zero-order chi connectivity index (χ0) is 63.1. The zero-order valence-corrected chi connectivity index (χ0v) is 55.3. The van der Waals surface area contributed by atoms with E-state index in [1.54, 1.807) is 6.08 Å². The molecule has 0 aromatic heterocycles. The van der Waals surface area contributed by atoms with Gasteiger partial charge in [0.2, 0.25) is 5.91 Å². The molecule has 0 bridgehead atoms. The van der Waals surface area contributed by atoms with E-state index in [1.165, 1.54) is 109 Å². The second-order valence-corrected chi connectivity index (χ2v) is 23.9. The lowest BCUT2D eigenvalue weighted by Crippen LogP contribution is -2.61. The first-order chi connectivity index (χ1) is 42.7. The van der Waals surface area contributed by atoms with E-state index in [1.807, 2.05) is 6.08 Å². The Morgan fingerprint density at radius 1 is 0.460 bits per heavy atom. The Kier molecular flexibility index (Phi) is 58.0. The number of allylic oxidation sites excluding steroid dienone is 19. The van der Waals surface area contributed by atoms with Gasteiger partial charge in [0, 0.05) is 6.42 Å². The van der Waals surface area contributed by atoms with E-state index >= 15 is 0 Å². The number of unbranched alkanes of at least 4 members (excludes halogenated alkanes) is 27. The summed E-state index contributed by atoms with van der Waals surface area (Å²) in [6.45, 7) is 5.64. The fourth-order valence-corrected chi connectivity index (χ4v) is 10.3. The molecule has 11 heteroatoms. The number of carbonyl (C=O) groups is 2. The molecule has 1 aliphatic rings. The highest BCUT2D eigenvalue weighted by molar-refractivity contribution is 5.80. The molecule has 1 heterocycles. The van der Waals surface area contributed by atoms with Crippen LogP contribution in [0.1, 0.15) is 284 Å². The highest BCUT2D eigenvalue weighted by Crippen LogP contribution is 2.26. The summed E-state index contributed by atoms with van der Waals surface area (Å²) < 4.78 is 17.7. The molecular weight excluding hydrogens is 1090 g/mol. The van der Waals surface area contributed by atoms with Crippen molar-refractivity contribution in [2.24, 2.45) is 0 Å². The third-order valence-electron chi connectivity index (χ3n) is 15.8. The van der Waals surface area contributed by atoms with Crippen LogP contribution in [-0.2, 0) is 23.8 Å². The van der Waals surface area contributed by atoms with Crippen molar-refractivity contribution in [2.45, 2.75) is 333 Å². The molecule has 0 spiro atoms. The van der Waals surface area contributed by atoms with E-state index in [-0.39, 0.29) is 19.4 Å². The van der Waals surface area contributed by atoms with Crippen molar-refractivity contribution in [3.05, 3.63) is 122 Å². The van der Waals surface area contributed by atoms with Crippen molar-refractivity contribution >= 4 is 11.9 Å². The summed E-state index contributed by atoms with van der Waals surface area (Å²) in [5.74, 6) is -1.22. The van der Waals surface area contributed by atoms with Gasteiger partial charge in [-0.05, 0) is 116 Å². The van der Waals surface area contributed by atoms with Crippen LogP contribution in [0.5, 0.6) is 0 Å². The number of amides is 1. The van der Waals surface area contributed by atoms with Gasteiger partial charge in [0.1, 0.15) is 24.4 Å². The second-order valence-electron chi connectivity index (χ2n) is 23.9. The predicted octanol–water partition coefficient (Wildman–Crippen LogP) is 18.2. The molecule has 498 valence electrons. The summed E-state index contributed by atoms with van der Waals surface area (Å²) >= 11 is 0. The third kappa shape index (κ3) is 49.5. The number of rotatable bonds is 59. The van der Waals surface area contributed by atoms with Crippen molar-refractivity contribution in [1.29, 1.82) is 0 Å². The van der Waals surface area contributed by atoms with E-state index in [0.717, 1.165) is 128 Å². The number of carbonyl (C=O) groups excluding carboxylic acids is 2. The summed E-state index contributed by atoms with van der Waals surface area (Å²) in [4.78, 5) is 26.7. The third-order valence-corrected chi connectivity index (χ3v) is 15.8. The minimum atomic E-state index is -1.63. The molecule has 0 aliphatic carbocycles. The molecule has 1 fully saturated rings. The lowest BCUT2D eigenvalue weighted by Gasteiger charge is -2.41. The van der Waals surface area contributed by atoms with E-state index in [9.17, 15) is 35.1 Å². The molecule has 0 aromatic rings. The van der Waals surface area contributed by atoms with Crippen LogP contribution in [0.4, 0.5) is 0 Å². The molecule has 0 aromatic carbocycles. The Labute approximate surface area is 531 Å². The molecule has 6 N–H and O–H groups in total. The summed E-state index contributed by atoms with van der Waals surface area (Å²) in [7, 11) is 0. The number of nitrogens with one attached hydrogen (secondary N) is 1. The summed E-state index contributed by atoms with van der Waals surface area (Å²) in [6, 6.07) is -1.04. The van der Waals surface area contributed by atoms with Gasteiger partial charge in [-0.3, -0.25) is 9.59 Å². The van der Waals surface area contributed by atoms with Crippen molar-refractivity contribution in [3.8, 4) is 0 Å². The first-order valence-corrected chi connectivity index (χ1v) is 35.3. The van der Waals surface area contributed by atoms with Crippen molar-refractivity contribution in [2.75, 3.05) is 13.2 Å². The largest absolute Gasteiger partial charge is 0.454 e. The highest BCUT2D eigenvalue weighted by Gasteiger charge is 2.47. The van der Waals surface area contributed by atoms with Crippen molar-refractivity contribution in [1.82, 2.24) is 5.32 Å². The Hall–Kier alpha value is -3.94. The zero-order valence-electron chi connectivity index (χ0n) is 55.3. The van der Waals surface area contributed by atoms with Gasteiger partial charge in [-0.1, -0.05) is 284 Å². The highest BCUT2D eigenvalue weighted by atomic mass is 16.7. The van der Waals surface area contributed by atoms with E-state index < -0.39 is 67.4 Å². The Bertz CT molecular complexity index is 1880. The average Bonchev–Trinajstić information content (AvgIpc) is 1.56. The maximum atomic E-state index is 13.5. The van der Waals surface area contributed by atoms with Crippen molar-refractivity contribution in [3.63, 3.8) is 0 Å². The number of hydrogen-bond donors (Lipinski definition) is 6. The molecule has 11 nitrogen and oxygen atoms in total. The lowest BCUT2D eigenvalue weighted by atomic mass is 9.99. The van der Waals surface area contributed by atoms with Crippen LogP contribution in [-0.4, -0.2) is 99.6 Å². The van der Waals surface area contributed by atoms with Gasteiger partial charge in [0.25, 0.3) is 0 Å². The normalized spacial score (nSPS) is 19.0. The first kappa shape index (κ1) is 81.1. The van der Waals surface area contributed by atoms with Crippen LogP contribution in [0.2, 0.25) is 0 Å². The maximum Gasteiger partial charge on any atom is 0.306 e. The molecule has 1 saturated heterocycles. The first-order valence-electron chi connectivity index (χ1n) is 35.3. The molecule has 1 aliphatic heterocycles. The van der Waals surface area contributed by atoms with E-state index in [0.29, 0.717) is 12.8 Å². The molecule has 0 saturated carbocycles. The van der Waals surface area contributed by atoms with Crippen LogP contribution in [0.15, 0.2) is 122 Å². The van der Waals surface area contributed by atoms with Gasteiger partial charge in [-0.15, -0.1) is 0 Å². The molecule has 87 heavy (non-hydrogen) atoms. The summed E-state index contributed by atoms with van der Waals surface area (Å²) in [5, 5.41) is 57.2. The Morgan fingerprint density at radius 2 is 0.828 bits per heavy atom. The molecule has 1 amide bonds. The van der Waals surface area contributed by atoms with Crippen LogP contribution in [0, 0.1) is 0 Å². The summed E-state index contributed by atoms with van der Waals surface area (Å²) in [5.41, 5.74) is 0. The number of aliphatic hydroxyl groups is 5. The van der Waals surface area contributed by atoms with Gasteiger partial charge >= 0.3 is 5.97 Å². The standard InChI is InChI=1S/C76H129NO10/c1-4-7-10-13-16-19-22-24-26-28-30-32-33-34-35-36-37-38-40-42-44-46-49-52-55-58-61-64-71(81)87-74-73(83)72(82)70(65-78)86-76(74)85-66-67(68(79)62-59-56-53-50-47-21-18-15-12-9-6-3)77-75(84)69(80)63-60-57-54-51-48-45-43-41-39-31-29-27-25-23-20-17-14-11-8-5-2/h8,11,16-17,19-20,24-27,30-32,34-35,39,43,45,59,62,67-70,72-74,76,78-80,82-83H,4-7,9-10,12-15,18,21-23,28-29,33,36-38,40-42,44,46-58,60-61,63-66H2,1-3H3,(H,77,84)/b11-8-,19-16-,20-17-,26-24-,27-25-,32-30-,35-34-,39-31-,45-43-,62-59+. The smallest absolute Gasteiger partial charge is 0.306 e. The average molecular weight is 1220 g/mol. The van der Waals surface area contributed by atoms with E-state index in [4.69, 9.17) is 14.2 Å². The molecule has 1 rings (SSSR count). The van der Waals surface area contributed by atoms with Gasteiger partial charge in [0.05, 0.1) is 25.4 Å². The Balaban J connectivity index is 2.57. The lowest BCUT2D eigenvalue weighted by molar-refractivity contribution is -0.305. The predicted molar refractivity (Wildman–Crippen MR) is 365 cm³/mol. The minimum absolute atomic E-state index is 0.111.